The molecule has 0 saturated heterocycles. The summed E-state index contributed by atoms with van der Waals surface area (Å²) in [7, 11) is -4.27. The van der Waals surface area contributed by atoms with Crippen LogP contribution < -0.4 is 20.7 Å². The highest BCUT2D eigenvalue weighted by molar-refractivity contribution is 7.22. The van der Waals surface area contributed by atoms with Crippen LogP contribution in [0.1, 0.15) is 0 Å². The van der Waals surface area contributed by atoms with E-state index in [1.54, 1.807) is 83.6 Å². The van der Waals surface area contributed by atoms with Crippen molar-refractivity contribution in [3.63, 3.8) is 0 Å². The first kappa shape index (κ1) is 26.0. The van der Waals surface area contributed by atoms with Crippen LogP contribution in [0.15, 0.2) is 95.7 Å². The molecule has 0 aliphatic carbocycles. The van der Waals surface area contributed by atoms with Crippen LogP contribution in [0.2, 0.25) is 0 Å². The van der Waals surface area contributed by atoms with Crippen LogP contribution in [0.3, 0.4) is 0 Å². The number of hydrogen-bond acceptors (Lipinski definition) is 2. The molecule has 0 saturated carbocycles. The van der Waals surface area contributed by atoms with Crippen molar-refractivity contribution in [2.75, 3.05) is 0 Å². The summed E-state index contributed by atoms with van der Waals surface area (Å²) in [5.41, 5.74) is -2.79. The van der Waals surface area contributed by atoms with Gasteiger partial charge in [0.05, 0.1) is 11.1 Å². The second-order valence-corrected chi connectivity index (χ2v) is 15.1. The standard InChI is InChI=1S/C32H16F6S2Si/c33-25-21(19-13-7-15-39-19)29(37)31-23(27(25)35)24-28(36)26(34)22(20-14-8-16-40-20)30(38)32(24)41(31,17-9-3-1-4-10-17)18-11-5-2-6-12-18/h1-16H. The fourth-order valence-corrected chi connectivity index (χ4v) is 12.8. The number of rotatable bonds is 4. The lowest BCUT2D eigenvalue weighted by Gasteiger charge is -2.32. The van der Waals surface area contributed by atoms with E-state index in [2.05, 4.69) is 0 Å². The van der Waals surface area contributed by atoms with E-state index in [-0.39, 0.29) is 20.1 Å². The summed E-state index contributed by atoms with van der Waals surface area (Å²) in [4.78, 5) is 0.237. The lowest BCUT2D eigenvalue weighted by Crippen LogP contribution is -2.74. The van der Waals surface area contributed by atoms with Gasteiger partial charge in [0.15, 0.2) is 31.3 Å². The largest absolute Gasteiger partial charge is 0.206 e. The van der Waals surface area contributed by atoms with Gasteiger partial charge in [0.25, 0.3) is 0 Å². The summed E-state index contributed by atoms with van der Waals surface area (Å²) >= 11 is 2.01. The van der Waals surface area contributed by atoms with Gasteiger partial charge in [0, 0.05) is 31.3 Å². The molecule has 0 atom stereocenters. The van der Waals surface area contributed by atoms with Crippen LogP contribution in [0.25, 0.3) is 32.0 Å². The minimum absolute atomic E-state index is 0.119. The van der Waals surface area contributed by atoms with Crippen molar-refractivity contribution in [1.29, 1.82) is 0 Å². The van der Waals surface area contributed by atoms with Crippen LogP contribution >= 0.6 is 22.7 Å². The van der Waals surface area contributed by atoms with Crippen molar-refractivity contribution in [3.8, 4) is 32.0 Å². The van der Waals surface area contributed by atoms with Crippen LogP contribution in [0.4, 0.5) is 26.3 Å². The molecule has 0 radical (unpaired) electrons. The van der Waals surface area contributed by atoms with Gasteiger partial charge in [-0.05, 0) is 33.3 Å². The maximum atomic E-state index is 17.0. The highest BCUT2D eigenvalue weighted by Gasteiger charge is 2.56. The average molecular weight is 607 g/mol. The molecule has 0 unspecified atom stereocenters. The van der Waals surface area contributed by atoms with Gasteiger partial charge in [-0.2, -0.15) is 0 Å². The molecule has 0 N–H and O–H groups in total. The molecule has 41 heavy (non-hydrogen) atoms. The molecule has 2 aromatic heterocycles. The Morgan fingerprint density at radius 3 is 1.10 bits per heavy atom. The number of thiophene rings is 2. The van der Waals surface area contributed by atoms with E-state index in [1.165, 1.54) is 12.1 Å². The molecule has 4 aromatic carbocycles. The zero-order chi connectivity index (χ0) is 28.5. The van der Waals surface area contributed by atoms with Crippen molar-refractivity contribution in [1.82, 2.24) is 0 Å². The first-order chi connectivity index (χ1) is 19.9. The zero-order valence-electron chi connectivity index (χ0n) is 20.8. The second kappa shape index (κ2) is 9.58. The van der Waals surface area contributed by atoms with E-state index >= 15 is 26.3 Å². The number of benzene rings is 4. The molecule has 0 fully saturated rings. The Hall–Kier alpha value is -3.92. The summed E-state index contributed by atoms with van der Waals surface area (Å²) in [6, 6.07) is 22.7. The first-order valence-corrected chi connectivity index (χ1v) is 16.3. The SMILES string of the molecule is Fc1c(F)c2c(c(F)c1-c1cccs1)[Si](c1ccccc1)(c1ccccc1)c1c(F)c(-c3cccs3)c(F)c(F)c1-2. The third kappa shape index (κ3) is 3.46. The molecule has 0 nitrogen and oxygen atoms in total. The summed E-state index contributed by atoms with van der Waals surface area (Å²) in [5, 5.41) is 3.33. The van der Waals surface area contributed by atoms with Crippen LogP contribution in [0, 0.1) is 34.9 Å². The Labute approximate surface area is 239 Å². The van der Waals surface area contributed by atoms with Gasteiger partial charge in [-0.1, -0.05) is 72.8 Å². The molecular formula is C32H16F6S2Si. The Morgan fingerprint density at radius 1 is 0.390 bits per heavy atom. The van der Waals surface area contributed by atoms with Gasteiger partial charge in [0.2, 0.25) is 0 Å². The fraction of sp³-hybridized carbons (Fsp3) is 0. The van der Waals surface area contributed by atoms with Crippen molar-refractivity contribution in [3.05, 3.63) is 131 Å². The summed E-state index contributed by atoms with van der Waals surface area (Å²) < 4.78 is 98.2. The maximum absolute atomic E-state index is 17.0. The number of fused-ring (bicyclic) bond motifs is 3. The van der Waals surface area contributed by atoms with E-state index in [4.69, 9.17) is 0 Å². The fourth-order valence-electron chi connectivity index (χ4n) is 6.01. The molecule has 0 spiro atoms. The average Bonchev–Trinajstić information content (AvgIpc) is 3.77. The van der Waals surface area contributed by atoms with E-state index in [0.717, 1.165) is 22.7 Å². The Morgan fingerprint density at radius 2 is 0.756 bits per heavy atom. The van der Waals surface area contributed by atoms with Crippen molar-refractivity contribution >= 4 is 51.5 Å². The molecule has 7 rings (SSSR count). The van der Waals surface area contributed by atoms with Crippen LogP contribution in [-0.2, 0) is 0 Å². The number of hydrogen-bond donors (Lipinski definition) is 0. The minimum atomic E-state index is -4.27. The molecule has 0 bridgehead atoms. The first-order valence-electron chi connectivity index (χ1n) is 12.5. The van der Waals surface area contributed by atoms with Gasteiger partial charge >= 0.3 is 0 Å². The van der Waals surface area contributed by atoms with E-state index < -0.39 is 65.2 Å². The van der Waals surface area contributed by atoms with Crippen LogP contribution in [-0.4, -0.2) is 8.07 Å². The van der Waals surface area contributed by atoms with Gasteiger partial charge < -0.3 is 0 Å². The number of halogens is 6. The smallest absolute Gasteiger partial charge is 0.188 e. The predicted octanol–water partition coefficient (Wildman–Crippen LogP) is 7.34. The van der Waals surface area contributed by atoms with Crippen LogP contribution in [0.5, 0.6) is 0 Å². The molecule has 0 amide bonds. The van der Waals surface area contributed by atoms with Crippen molar-refractivity contribution in [2.24, 2.45) is 0 Å². The van der Waals surface area contributed by atoms with Gasteiger partial charge in [0.1, 0.15) is 11.6 Å². The summed E-state index contributed by atoms with van der Waals surface area (Å²) in [6.07, 6.45) is 0. The Balaban J connectivity index is 1.78. The highest BCUT2D eigenvalue weighted by atomic mass is 32.1. The molecule has 202 valence electrons. The third-order valence-corrected chi connectivity index (χ3v) is 14.2. The Bertz CT molecular complexity index is 1790. The minimum Gasteiger partial charge on any atom is -0.206 e. The molecule has 3 heterocycles. The zero-order valence-corrected chi connectivity index (χ0v) is 23.5. The van der Waals surface area contributed by atoms with Crippen molar-refractivity contribution < 1.29 is 26.3 Å². The predicted molar refractivity (Wildman–Crippen MR) is 155 cm³/mol. The molecule has 9 heteroatoms. The molecule has 1 aliphatic heterocycles. The quantitative estimate of drug-likeness (QED) is 0.112. The van der Waals surface area contributed by atoms with Crippen molar-refractivity contribution in [2.45, 2.75) is 0 Å². The van der Waals surface area contributed by atoms with Gasteiger partial charge in [-0.15, -0.1) is 22.7 Å². The second-order valence-electron chi connectivity index (χ2n) is 9.57. The van der Waals surface area contributed by atoms with Gasteiger partial charge in [-0.25, -0.2) is 26.3 Å². The Kier molecular flexibility index (Phi) is 6.08. The normalized spacial score (nSPS) is 13.3. The lowest BCUT2D eigenvalue weighted by atomic mass is 9.98. The summed E-state index contributed by atoms with van der Waals surface area (Å²) in [6.45, 7) is 0. The van der Waals surface area contributed by atoms with E-state index in [1.807, 2.05) is 0 Å². The molecule has 6 aromatic rings. The topological polar surface area (TPSA) is 0 Å². The van der Waals surface area contributed by atoms with E-state index in [9.17, 15) is 0 Å². The van der Waals surface area contributed by atoms with Gasteiger partial charge in [-0.3, -0.25) is 0 Å². The maximum Gasteiger partial charge on any atom is 0.188 e. The molecular weight excluding hydrogens is 591 g/mol. The lowest BCUT2D eigenvalue weighted by molar-refractivity contribution is 0.495. The third-order valence-electron chi connectivity index (χ3n) is 7.59. The highest BCUT2D eigenvalue weighted by Crippen LogP contribution is 2.43. The monoisotopic (exact) mass is 606 g/mol. The van der Waals surface area contributed by atoms with E-state index in [0.29, 0.717) is 10.4 Å². The summed E-state index contributed by atoms with van der Waals surface area (Å²) in [5.74, 6) is -8.41. The molecule has 1 aliphatic rings.